The molecule has 3 rings (SSSR count). The molecule has 2 aromatic heterocycles. The van der Waals surface area contributed by atoms with Crippen LogP contribution in [0, 0.1) is 13.8 Å². The summed E-state index contributed by atoms with van der Waals surface area (Å²) in [6.07, 6.45) is 7.03. The third-order valence-corrected chi connectivity index (χ3v) is 5.74. The Morgan fingerprint density at radius 1 is 1.19 bits per heavy atom. The summed E-state index contributed by atoms with van der Waals surface area (Å²) in [6, 6.07) is 0. The zero-order valence-corrected chi connectivity index (χ0v) is 16.7. The van der Waals surface area contributed by atoms with Gasteiger partial charge in [-0.25, -0.2) is 4.98 Å². The maximum absolute atomic E-state index is 11.8. The maximum atomic E-state index is 11.8. The van der Waals surface area contributed by atoms with Crippen LogP contribution in [-0.4, -0.2) is 41.0 Å². The minimum absolute atomic E-state index is 0.249. The van der Waals surface area contributed by atoms with Crippen LogP contribution in [0.3, 0.4) is 0 Å². The fourth-order valence-electron chi connectivity index (χ4n) is 4.30. The van der Waals surface area contributed by atoms with Crippen LogP contribution in [0.15, 0.2) is 0 Å². The Kier molecular flexibility index (Phi) is 5.66. The lowest BCUT2D eigenvalue weighted by molar-refractivity contribution is -0.117. The summed E-state index contributed by atoms with van der Waals surface area (Å²) < 4.78 is 2.35. The van der Waals surface area contributed by atoms with Crippen molar-refractivity contribution in [1.82, 2.24) is 14.5 Å². The number of aromatic nitrogens is 2. The van der Waals surface area contributed by atoms with Crippen LogP contribution in [0.1, 0.15) is 53.8 Å². The number of nitrogens with zero attached hydrogens (tertiary/aromatic N) is 3. The molecule has 0 aromatic carbocycles. The van der Waals surface area contributed by atoms with Crippen molar-refractivity contribution in [2.24, 2.45) is 5.73 Å². The maximum Gasteiger partial charge on any atom is 0.221 e. The highest BCUT2D eigenvalue weighted by Crippen LogP contribution is 2.34. The van der Waals surface area contributed by atoms with Gasteiger partial charge in [-0.15, -0.1) is 0 Å². The van der Waals surface area contributed by atoms with Crippen LogP contribution in [0.2, 0.25) is 0 Å². The Hall–Kier alpha value is -1.88. The second-order valence-electron chi connectivity index (χ2n) is 7.94. The Bertz CT molecular complexity index is 820. The Labute approximate surface area is 156 Å². The fourth-order valence-corrected chi connectivity index (χ4v) is 4.30. The van der Waals surface area contributed by atoms with Crippen LogP contribution in [0.25, 0.3) is 11.0 Å². The molecule has 0 saturated carbocycles. The van der Waals surface area contributed by atoms with Crippen molar-refractivity contribution in [2.75, 3.05) is 20.6 Å². The smallest absolute Gasteiger partial charge is 0.221 e. The van der Waals surface area contributed by atoms with Gasteiger partial charge in [0.25, 0.3) is 0 Å². The van der Waals surface area contributed by atoms with E-state index < -0.39 is 0 Å². The molecule has 0 saturated heterocycles. The highest BCUT2D eigenvalue weighted by atomic mass is 16.1. The first-order chi connectivity index (χ1) is 12.4. The number of primary amides is 1. The normalized spacial score (nSPS) is 14.7. The van der Waals surface area contributed by atoms with E-state index in [0.717, 1.165) is 43.6 Å². The largest absolute Gasteiger partial charge is 0.369 e. The number of carbonyl (C=O) groups is 1. The third kappa shape index (κ3) is 3.63. The average molecular weight is 357 g/mol. The second-order valence-corrected chi connectivity index (χ2v) is 7.94. The summed E-state index contributed by atoms with van der Waals surface area (Å²) in [5.41, 5.74) is 12.8. The van der Waals surface area contributed by atoms with Crippen LogP contribution in [0.4, 0.5) is 0 Å². The van der Waals surface area contributed by atoms with Crippen molar-refractivity contribution in [2.45, 2.75) is 65.3 Å². The average Bonchev–Trinajstić information content (AvgIpc) is 2.74. The molecule has 0 fully saturated rings. The van der Waals surface area contributed by atoms with E-state index in [1.807, 2.05) is 0 Å². The standard InChI is InChI=1S/C21H32N4O/c1-14-15(2)25(12-8-11-24(3)4)21-20(14)17(13-19(22)26)16-9-6-5-7-10-18(16)23-21/h5-13H2,1-4H3,(H2,22,26). The van der Waals surface area contributed by atoms with Gasteiger partial charge in [-0.05, 0) is 83.3 Å². The molecular weight excluding hydrogens is 324 g/mol. The molecule has 0 aliphatic heterocycles. The van der Waals surface area contributed by atoms with E-state index in [4.69, 9.17) is 10.7 Å². The van der Waals surface area contributed by atoms with Crippen molar-refractivity contribution >= 4 is 16.9 Å². The molecule has 2 N–H and O–H groups in total. The Balaban J connectivity index is 2.17. The summed E-state index contributed by atoms with van der Waals surface area (Å²) >= 11 is 0. The van der Waals surface area contributed by atoms with E-state index in [9.17, 15) is 4.79 Å². The minimum atomic E-state index is -0.249. The van der Waals surface area contributed by atoms with Gasteiger partial charge >= 0.3 is 0 Å². The van der Waals surface area contributed by atoms with Crippen molar-refractivity contribution in [3.05, 3.63) is 28.1 Å². The number of hydrogen-bond donors (Lipinski definition) is 1. The molecule has 0 spiro atoms. The first kappa shape index (κ1) is 18.9. The topological polar surface area (TPSA) is 64.2 Å². The molecule has 5 nitrogen and oxygen atoms in total. The van der Waals surface area contributed by atoms with Gasteiger partial charge in [0.1, 0.15) is 5.65 Å². The van der Waals surface area contributed by atoms with Gasteiger partial charge in [-0.1, -0.05) is 6.42 Å². The third-order valence-electron chi connectivity index (χ3n) is 5.74. The van der Waals surface area contributed by atoms with Crippen molar-refractivity contribution < 1.29 is 4.79 Å². The van der Waals surface area contributed by atoms with Crippen LogP contribution >= 0.6 is 0 Å². The molecule has 0 radical (unpaired) electrons. The number of amides is 1. The molecule has 0 bridgehead atoms. The highest BCUT2D eigenvalue weighted by Gasteiger charge is 2.23. The number of aryl methyl sites for hydroxylation is 3. The first-order valence-corrected chi connectivity index (χ1v) is 9.83. The van der Waals surface area contributed by atoms with E-state index in [1.165, 1.54) is 47.2 Å². The van der Waals surface area contributed by atoms with Gasteiger partial charge in [0.05, 0.1) is 6.42 Å². The van der Waals surface area contributed by atoms with E-state index in [1.54, 1.807) is 0 Å². The Morgan fingerprint density at radius 3 is 2.62 bits per heavy atom. The summed E-state index contributed by atoms with van der Waals surface area (Å²) in [5.74, 6) is -0.249. The number of hydrogen-bond acceptors (Lipinski definition) is 3. The molecule has 0 unspecified atom stereocenters. The fraction of sp³-hybridized carbons (Fsp3) is 0.619. The molecule has 5 heteroatoms. The summed E-state index contributed by atoms with van der Waals surface area (Å²) in [7, 11) is 4.21. The van der Waals surface area contributed by atoms with E-state index in [2.05, 4.69) is 37.4 Å². The highest BCUT2D eigenvalue weighted by molar-refractivity contribution is 5.91. The van der Waals surface area contributed by atoms with Gasteiger partial charge in [-0.3, -0.25) is 4.79 Å². The SMILES string of the molecule is Cc1c(C)n(CCCN(C)C)c2nc3c(c(CC(N)=O)c12)CCCCC3. The molecule has 142 valence electrons. The van der Waals surface area contributed by atoms with Crippen LogP contribution in [0.5, 0.6) is 0 Å². The van der Waals surface area contributed by atoms with Gasteiger partial charge in [0.15, 0.2) is 0 Å². The summed E-state index contributed by atoms with van der Waals surface area (Å²) in [6.45, 7) is 6.34. The van der Waals surface area contributed by atoms with Gasteiger partial charge < -0.3 is 15.2 Å². The van der Waals surface area contributed by atoms with Crippen molar-refractivity contribution in [3.8, 4) is 0 Å². The zero-order chi connectivity index (χ0) is 18.8. The number of nitrogens with two attached hydrogens (primary N) is 1. The molecule has 2 heterocycles. The van der Waals surface area contributed by atoms with E-state index in [0.29, 0.717) is 6.42 Å². The van der Waals surface area contributed by atoms with Crippen molar-refractivity contribution in [3.63, 3.8) is 0 Å². The monoisotopic (exact) mass is 356 g/mol. The zero-order valence-electron chi connectivity index (χ0n) is 16.7. The van der Waals surface area contributed by atoms with E-state index in [-0.39, 0.29) is 5.91 Å². The number of pyridine rings is 1. The van der Waals surface area contributed by atoms with Crippen LogP contribution in [-0.2, 0) is 30.6 Å². The predicted octanol–water partition coefficient (Wildman–Crippen LogP) is 2.90. The molecular formula is C21H32N4O. The molecule has 26 heavy (non-hydrogen) atoms. The van der Waals surface area contributed by atoms with Crippen LogP contribution < -0.4 is 5.73 Å². The van der Waals surface area contributed by atoms with Crippen molar-refractivity contribution in [1.29, 1.82) is 0 Å². The summed E-state index contributed by atoms with van der Waals surface area (Å²) in [5, 5.41) is 1.17. The van der Waals surface area contributed by atoms with E-state index >= 15 is 0 Å². The minimum Gasteiger partial charge on any atom is -0.369 e. The lowest BCUT2D eigenvalue weighted by atomic mass is 9.95. The molecule has 1 aliphatic rings. The summed E-state index contributed by atoms with van der Waals surface area (Å²) in [4.78, 5) is 19.2. The lowest BCUT2D eigenvalue weighted by Crippen LogP contribution is -2.17. The molecule has 0 atom stereocenters. The number of fused-ring (bicyclic) bond motifs is 2. The number of carbonyl (C=O) groups excluding carboxylic acids is 1. The van der Waals surface area contributed by atoms with Gasteiger partial charge in [-0.2, -0.15) is 0 Å². The molecule has 2 aromatic rings. The lowest BCUT2D eigenvalue weighted by Gasteiger charge is -2.15. The second kappa shape index (κ2) is 7.78. The predicted molar refractivity (Wildman–Crippen MR) is 107 cm³/mol. The van der Waals surface area contributed by atoms with Gasteiger partial charge in [0, 0.05) is 23.3 Å². The van der Waals surface area contributed by atoms with Gasteiger partial charge in [0.2, 0.25) is 5.91 Å². The Morgan fingerprint density at radius 2 is 1.92 bits per heavy atom. The number of rotatable bonds is 6. The molecule has 1 aliphatic carbocycles. The quantitative estimate of drug-likeness (QED) is 0.810. The molecule has 1 amide bonds. The first-order valence-electron chi connectivity index (χ1n) is 9.83.